The third-order valence-corrected chi connectivity index (χ3v) is 3.88. The highest BCUT2D eigenvalue weighted by Crippen LogP contribution is 2.24. The normalized spacial score (nSPS) is 12.5. The van der Waals surface area contributed by atoms with Gasteiger partial charge in [0, 0.05) is 23.1 Å². The second-order valence-corrected chi connectivity index (χ2v) is 6.24. The van der Waals surface area contributed by atoms with Crippen LogP contribution in [0.4, 0.5) is 11.6 Å². The van der Waals surface area contributed by atoms with Gasteiger partial charge in [-0.2, -0.15) is 0 Å². The highest BCUT2D eigenvalue weighted by atomic mass is 32.1. The van der Waals surface area contributed by atoms with Crippen molar-refractivity contribution in [2.75, 3.05) is 10.7 Å². The minimum Gasteiger partial charge on any atom is -0.361 e. The summed E-state index contributed by atoms with van der Waals surface area (Å²) in [4.78, 5) is 14.4. The molecule has 0 fully saturated rings. The molecule has 108 valence electrons. The molecule has 7 heteroatoms. The quantitative estimate of drug-likeness (QED) is 0.580. The lowest BCUT2D eigenvalue weighted by Crippen LogP contribution is -2.14. The van der Waals surface area contributed by atoms with Crippen molar-refractivity contribution in [1.82, 2.24) is 15.0 Å². The second kappa shape index (κ2) is 6.15. The summed E-state index contributed by atoms with van der Waals surface area (Å²) in [5.74, 6) is 7.80. The van der Waals surface area contributed by atoms with Gasteiger partial charge in [0.25, 0.3) is 0 Å². The largest absolute Gasteiger partial charge is 0.361 e. The highest BCUT2D eigenvalue weighted by molar-refractivity contribution is 7.11. The minimum atomic E-state index is 0.0919. The van der Waals surface area contributed by atoms with E-state index in [2.05, 4.69) is 32.6 Å². The Morgan fingerprint density at radius 1 is 1.20 bits per heavy atom. The molecule has 0 aromatic carbocycles. The maximum absolute atomic E-state index is 5.45. The third-order valence-electron chi connectivity index (χ3n) is 2.78. The molecule has 1 atom stereocenters. The van der Waals surface area contributed by atoms with Gasteiger partial charge in [0.1, 0.15) is 22.5 Å². The van der Waals surface area contributed by atoms with Crippen molar-refractivity contribution in [3.05, 3.63) is 28.0 Å². The van der Waals surface area contributed by atoms with E-state index in [0.717, 1.165) is 16.6 Å². The van der Waals surface area contributed by atoms with Crippen molar-refractivity contribution in [1.29, 1.82) is 0 Å². The van der Waals surface area contributed by atoms with Crippen LogP contribution in [-0.4, -0.2) is 15.0 Å². The first-order chi connectivity index (χ1) is 9.49. The summed E-state index contributed by atoms with van der Waals surface area (Å²) >= 11 is 1.68. The van der Waals surface area contributed by atoms with Crippen LogP contribution in [-0.2, 0) is 0 Å². The van der Waals surface area contributed by atoms with E-state index < -0.39 is 0 Å². The van der Waals surface area contributed by atoms with E-state index in [1.807, 2.05) is 27.0 Å². The molecule has 1 unspecified atom stereocenters. The molecule has 0 aliphatic rings. The van der Waals surface area contributed by atoms with E-state index in [1.165, 1.54) is 4.88 Å². The number of hydrogen-bond acceptors (Lipinski definition) is 7. The number of aromatic nitrogens is 3. The smallest absolute Gasteiger partial charge is 0.145 e. The van der Waals surface area contributed by atoms with E-state index in [-0.39, 0.29) is 12.0 Å². The molecule has 0 spiro atoms. The predicted octanol–water partition coefficient (Wildman–Crippen LogP) is 2.82. The standard InChI is InChI=1S/C13H20N6S/c1-7(2)12-17-10(5-11(18-12)19-14)16-9(4)13-15-6-8(3)20-13/h5-7,9H,14H2,1-4H3,(H2,16,17,18,19). The first-order valence-corrected chi connectivity index (χ1v) is 7.35. The molecule has 0 radical (unpaired) electrons. The zero-order chi connectivity index (χ0) is 14.7. The number of nitrogen functional groups attached to an aromatic ring is 1. The van der Waals surface area contributed by atoms with Crippen LogP contribution >= 0.6 is 11.3 Å². The predicted molar refractivity (Wildman–Crippen MR) is 82.8 cm³/mol. The van der Waals surface area contributed by atoms with Gasteiger partial charge in [-0.15, -0.1) is 11.3 Å². The molecule has 0 saturated carbocycles. The Hall–Kier alpha value is -1.73. The summed E-state index contributed by atoms with van der Waals surface area (Å²) in [6, 6.07) is 1.89. The molecule has 0 aliphatic carbocycles. The molecule has 0 saturated heterocycles. The van der Waals surface area contributed by atoms with Crippen molar-refractivity contribution in [3.8, 4) is 0 Å². The molecule has 2 rings (SSSR count). The summed E-state index contributed by atoms with van der Waals surface area (Å²) in [5, 5.41) is 4.38. The average Bonchev–Trinajstić information content (AvgIpc) is 2.85. The fourth-order valence-electron chi connectivity index (χ4n) is 1.73. The van der Waals surface area contributed by atoms with Gasteiger partial charge >= 0.3 is 0 Å². The van der Waals surface area contributed by atoms with Crippen LogP contribution in [0.15, 0.2) is 12.3 Å². The molecule has 0 amide bonds. The van der Waals surface area contributed by atoms with Gasteiger partial charge in [-0.05, 0) is 13.8 Å². The SMILES string of the molecule is Cc1cnc(C(C)Nc2cc(NN)nc(C(C)C)n2)s1. The number of anilines is 2. The molecule has 0 bridgehead atoms. The molecule has 2 aromatic rings. The third kappa shape index (κ3) is 3.43. The van der Waals surface area contributed by atoms with Gasteiger partial charge in [0.05, 0.1) is 6.04 Å². The van der Waals surface area contributed by atoms with Crippen LogP contribution in [0.5, 0.6) is 0 Å². The van der Waals surface area contributed by atoms with Gasteiger partial charge in [-0.25, -0.2) is 20.8 Å². The zero-order valence-electron chi connectivity index (χ0n) is 12.1. The van der Waals surface area contributed by atoms with Crippen LogP contribution in [0.3, 0.4) is 0 Å². The van der Waals surface area contributed by atoms with Crippen molar-refractivity contribution in [2.45, 2.75) is 39.7 Å². The fraction of sp³-hybridized carbons (Fsp3) is 0.462. The van der Waals surface area contributed by atoms with E-state index >= 15 is 0 Å². The monoisotopic (exact) mass is 292 g/mol. The van der Waals surface area contributed by atoms with Gasteiger partial charge in [0.15, 0.2) is 0 Å². The number of nitrogens with one attached hydrogen (secondary N) is 2. The Kier molecular flexibility index (Phi) is 4.51. The number of rotatable bonds is 5. The topological polar surface area (TPSA) is 88.8 Å². The van der Waals surface area contributed by atoms with Crippen LogP contribution in [0.2, 0.25) is 0 Å². The first-order valence-electron chi connectivity index (χ1n) is 6.54. The number of nitrogens with two attached hydrogens (primary N) is 1. The molecular formula is C13H20N6S. The Bertz CT molecular complexity index is 580. The molecule has 2 heterocycles. The molecule has 6 nitrogen and oxygen atoms in total. The summed E-state index contributed by atoms with van der Waals surface area (Å²) in [6.07, 6.45) is 1.88. The second-order valence-electron chi connectivity index (χ2n) is 4.97. The maximum Gasteiger partial charge on any atom is 0.145 e. The Morgan fingerprint density at radius 2 is 1.90 bits per heavy atom. The first kappa shape index (κ1) is 14.7. The van der Waals surface area contributed by atoms with Crippen molar-refractivity contribution >= 4 is 23.0 Å². The highest BCUT2D eigenvalue weighted by Gasteiger charge is 2.13. The van der Waals surface area contributed by atoms with Gasteiger partial charge in [-0.1, -0.05) is 13.8 Å². The molecule has 4 N–H and O–H groups in total. The number of thiazole rings is 1. The van der Waals surface area contributed by atoms with Crippen molar-refractivity contribution in [2.24, 2.45) is 5.84 Å². The van der Waals surface area contributed by atoms with Crippen LogP contribution < -0.4 is 16.6 Å². The van der Waals surface area contributed by atoms with E-state index in [0.29, 0.717) is 5.82 Å². The van der Waals surface area contributed by atoms with E-state index in [4.69, 9.17) is 5.84 Å². The Balaban J connectivity index is 2.21. The van der Waals surface area contributed by atoms with Crippen LogP contribution in [0.25, 0.3) is 0 Å². The maximum atomic E-state index is 5.45. The zero-order valence-corrected chi connectivity index (χ0v) is 13.0. The number of aryl methyl sites for hydroxylation is 1. The van der Waals surface area contributed by atoms with E-state index in [9.17, 15) is 0 Å². The number of hydrazine groups is 1. The van der Waals surface area contributed by atoms with E-state index in [1.54, 1.807) is 17.4 Å². The van der Waals surface area contributed by atoms with Crippen LogP contribution in [0.1, 0.15) is 48.4 Å². The fourth-order valence-corrected chi connectivity index (χ4v) is 2.50. The van der Waals surface area contributed by atoms with Crippen LogP contribution in [0, 0.1) is 6.92 Å². The summed E-state index contributed by atoms with van der Waals surface area (Å²) in [7, 11) is 0. The summed E-state index contributed by atoms with van der Waals surface area (Å²) in [6.45, 7) is 8.21. The lowest BCUT2D eigenvalue weighted by molar-refractivity contribution is 0.768. The number of hydrogen-bond donors (Lipinski definition) is 3. The summed E-state index contributed by atoms with van der Waals surface area (Å²) in [5.41, 5.74) is 2.58. The Labute approximate surface area is 122 Å². The van der Waals surface area contributed by atoms with Gasteiger partial charge in [0.2, 0.25) is 0 Å². The molecule has 2 aromatic heterocycles. The minimum absolute atomic E-state index is 0.0919. The van der Waals surface area contributed by atoms with Crippen molar-refractivity contribution < 1.29 is 0 Å². The number of nitrogens with zero attached hydrogens (tertiary/aromatic N) is 3. The van der Waals surface area contributed by atoms with Gasteiger partial charge < -0.3 is 10.7 Å². The van der Waals surface area contributed by atoms with Gasteiger partial charge in [-0.3, -0.25) is 0 Å². The molecule has 0 aliphatic heterocycles. The Morgan fingerprint density at radius 3 is 2.45 bits per heavy atom. The summed E-state index contributed by atoms with van der Waals surface area (Å²) < 4.78 is 0. The lowest BCUT2D eigenvalue weighted by Gasteiger charge is -2.14. The average molecular weight is 292 g/mol. The molecular weight excluding hydrogens is 272 g/mol. The lowest BCUT2D eigenvalue weighted by atomic mass is 10.2. The van der Waals surface area contributed by atoms with Crippen molar-refractivity contribution in [3.63, 3.8) is 0 Å². The molecule has 20 heavy (non-hydrogen) atoms.